The van der Waals surface area contributed by atoms with Gasteiger partial charge in [-0.3, -0.25) is 29.7 Å². The van der Waals surface area contributed by atoms with Gasteiger partial charge in [0.05, 0.1) is 54.8 Å². The normalized spacial score (nSPS) is 16.7. The molecule has 4 heterocycles. The van der Waals surface area contributed by atoms with Crippen LogP contribution in [0, 0.1) is 0 Å². The molecule has 302 valence electrons. The molecule has 5 N–H and O–H groups in total. The number of para-hydroxylation sites is 2. The smallest absolute Gasteiger partial charge is 0.325 e. The second-order valence-corrected chi connectivity index (χ2v) is 13.9. The Morgan fingerprint density at radius 3 is 2.61 bits per heavy atom. The molecule has 19 heteroatoms. The quantitative estimate of drug-likeness (QED) is 0.0419. The lowest BCUT2D eigenvalue weighted by Gasteiger charge is -2.29. The zero-order chi connectivity index (χ0) is 41.0. The summed E-state index contributed by atoms with van der Waals surface area (Å²) < 4.78 is 9.18. The lowest BCUT2D eigenvalue weighted by atomic mass is 10.0. The van der Waals surface area contributed by atoms with E-state index in [4.69, 9.17) is 19.8 Å². The fraction of sp³-hybridized carbons (Fsp3) is 0.275. The predicted molar refractivity (Wildman–Crippen MR) is 210 cm³/mol. The number of hydrogen-bond donors (Lipinski definition) is 5. The number of anilines is 1. The molecule has 0 saturated carbocycles. The van der Waals surface area contributed by atoms with Crippen molar-refractivity contribution in [3.8, 4) is 5.88 Å². The zero-order valence-corrected chi connectivity index (χ0v) is 31.5. The van der Waals surface area contributed by atoms with Gasteiger partial charge >= 0.3 is 6.03 Å². The molecule has 3 aromatic carbocycles. The number of nitrogens with zero attached hydrogens (tertiary/aromatic N) is 7. The Labute approximate surface area is 335 Å². The minimum atomic E-state index is -1.31. The van der Waals surface area contributed by atoms with E-state index in [9.17, 15) is 29.1 Å². The number of fused-ring (bicyclic) bond motifs is 3. The monoisotopic (exact) mass is 802 g/mol. The van der Waals surface area contributed by atoms with Gasteiger partial charge < -0.3 is 29.5 Å². The average Bonchev–Trinajstić information content (AvgIpc) is 3.98. The van der Waals surface area contributed by atoms with Crippen molar-refractivity contribution in [2.24, 2.45) is 10.1 Å². The van der Waals surface area contributed by atoms with Gasteiger partial charge in [0, 0.05) is 48.1 Å². The van der Waals surface area contributed by atoms with E-state index in [0.717, 1.165) is 21.4 Å². The van der Waals surface area contributed by atoms with Crippen LogP contribution in [0.4, 0.5) is 16.2 Å². The van der Waals surface area contributed by atoms with Gasteiger partial charge in [-0.15, -0.1) is 5.10 Å². The highest BCUT2D eigenvalue weighted by Crippen LogP contribution is 2.38. The molecule has 0 spiro atoms. The van der Waals surface area contributed by atoms with E-state index in [1.807, 2.05) is 48.5 Å². The van der Waals surface area contributed by atoms with Gasteiger partial charge in [-0.25, -0.2) is 19.9 Å². The minimum Gasteiger partial charge on any atom is -0.494 e. The topological polar surface area (TPSA) is 244 Å². The predicted octanol–water partition coefficient (Wildman–Crippen LogP) is 2.95. The lowest BCUT2D eigenvalue weighted by Crippen LogP contribution is -2.56. The van der Waals surface area contributed by atoms with Crippen molar-refractivity contribution in [3.05, 3.63) is 101 Å². The third-order valence-electron chi connectivity index (χ3n) is 10.1. The molecule has 19 nitrogen and oxygen atoms in total. The molecule has 0 bridgehead atoms. The molecule has 1 fully saturated rings. The summed E-state index contributed by atoms with van der Waals surface area (Å²) in [5.74, 6) is -2.01. The molecule has 1 unspecified atom stereocenters. The first-order chi connectivity index (χ1) is 28.7. The largest absolute Gasteiger partial charge is 0.494 e. The van der Waals surface area contributed by atoms with Crippen molar-refractivity contribution in [1.29, 1.82) is 0 Å². The minimum absolute atomic E-state index is 0.00694. The van der Waals surface area contributed by atoms with E-state index >= 15 is 0 Å². The molecule has 59 heavy (non-hydrogen) atoms. The van der Waals surface area contributed by atoms with E-state index in [2.05, 4.69) is 26.1 Å². The molecule has 5 aromatic rings. The van der Waals surface area contributed by atoms with Crippen LogP contribution in [0.3, 0.4) is 0 Å². The van der Waals surface area contributed by atoms with Crippen LogP contribution in [0.15, 0.2) is 83.1 Å². The number of aromatic nitrogens is 4. The Morgan fingerprint density at radius 2 is 1.76 bits per heavy atom. The van der Waals surface area contributed by atoms with E-state index in [1.165, 1.54) is 0 Å². The zero-order valence-electron chi connectivity index (χ0n) is 31.5. The van der Waals surface area contributed by atoms with E-state index < -0.39 is 35.5 Å². The number of ether oxygens (including phenoxy) is 1. The van der Waals surface area contributed by atoms with Gasteiger partial charge in [0.2, 0.25) is 17.7 Å². The molecule has 1 saturated heterocycles. The molecule has 1 atom stereocenters. The van der Waals surface area contributed by atoms with Crippen LogP contribution >= 0.6 is 0 Å². The first-order valence-corrected chi connectivity index (χ1v) is 18.9. The van der Waals surface area contributed by atoms with Gasteiger partial charge in [0.25, 0.3) is 0 Å². The molecule has 3 aliphatic rings. The van der Waals surface area contributed by atoms with Gasteiger partial charge in [-0.1, -0.05) is 58.9 Å². The molecular weight excluding hydrogens is 765 g/mol. The number of hydroxylamine groups is 1. The Kier molecular flexibility index (Phi) is 10.9. The first kappa shape index (κ1) is 38.6. The van der Waals surface area contributed by atoms with Gasteiger partial charge in [0.15, 0.2) is 17.6 Å². The van der Waals surface area contributed by atoms with Crippen molar-refractivity contribution in [1.82, 2.24) is 35.3 Å². The molecule has 4 amide bonds. The number of carbonyl (C=O) groups is 5. The van der Waals surface area contributed by atoms with Crippen molar-refractivity contribution < 1.29 is 43.9 Å². The number of rotatable bonds is 16. The number of benzene rings is 3. The maximum Gasteiger partial charge on any atom is 0.325 e. The van der Waals surface area contributed by atoms with Crippen molar-refractivity contribution in [2.45, 2.75) is 38.4 Å². The highest BCUT2D eigenvalue weighted by molar-refractivity contribution is 6.58. The SMILES string of the molecule is O=C(CCCO/N=C1/C(c2c(O)n(Cc3cn(CCOCCNc4cccc5c4C(=O)C(N4CCC(=O)NC4=O)C5=O)nn3)c3ccccc23)=Nc2ccccc21)NO. The second-order valence-electron chi connectivity index (χ2n) is 13.9. The van der Waals surface area contributed by atoms with Crippen molar-refractivity contribution >= 4 is 63.1 Å². The average molecular weight is 803 g/mol. The number of urea groups is 1. The highest BCUT2D eigenvalue weighted by Gasteiger charge is 2.46. The van der Waals surface area contributed by atoms with Gasteiger partial charge in [-0.2, -0.15) is 0 Å². The summed E-state index contributed by atoms with van der Waals surface area (Å²) in [6.45, 7) is 1.56. The highest BCUT2D eigenvalue weighted by atomic mass is 16.6. The number of aromatic hydroxyl groups is 1. The van der Waals surface area contributed by atoms with Crippen molar-refractivity contribution in [2.75, 3.05) is 38.2 Å². The van der Waals surface area contributed by atoms with Crippen LogP contribution in [-0.2, 0) is 32.3 Å². The third kappa shape index (κ3) is 7.63. The maximum atomic E-state index is 13.4. The fourth-order valence-electron chi connectivity index (χ4n) is 7.37. The van der Waals surface area contributed by atoms with E-state index in [-0.39, 0.29) is 56.2 Å². The molecule has 0 radical (unpaired) electrons. The van der Waals surface area contributed by atoms with Crippen LogP contribution < -0.4 is 16.1 Å². The number of imide groups is 1. The number of aliphatic imine (C=N–C) groups is 1. The summed E-state index contributed by atoms with van der Waals surface area (Å²) in [5.41, 5.74) is 6.50. The number of nitrogens with one attached hydrogen (secondary N) is 3. The Balaban J connectivity index is 0.886. The van der Waals surface area contributed by atoms with E-state index in [0.29, 0.717) is 60.2 Å². The lowest BCUT2D eigenvalue weighted by molar-refractivity contribution is -0.129. The number of hydrogen-bond acceptors (Lipinski definition) is 14. The Bertz CT molecular complexity index is 2560. The van der Waals surface area contributed by atoms with Gasteiger partial charge in [0.1, 0.15) is 23.7 Å². The summed E-state index contributed by atoms with van der Waals surface area (Å²) in [4.78, 5) is 73.5. The molecule has 2 aliphatic heterocycles. The Morgan fingerprint density at radius 1 is 0.949 bits per heavy atom. The maximum absolute atomic E-state index is 13.4. The van der Waals surface area contributed by atoms with Crippen LogP contribution in [-0.4, -0.2) is 115 Å². The standard InChI is InChI=1S/C40H38N10O9/c51-30-14-16-49(40(56)43-30)36-37(53)26-9-5-11-28(32(26)38(36)54)41-15-19-58-20-17-48-21-23(44-47-48)22-50-29-12-4-2-8-25(29)33(39(50)55)35-34(24-7-1-3-10-27(24)42-35)46-59-18-6-13-31(52)45-57/h1-5,7-12,21,36,41,55,57H,6,13-20,22H2,(H,45,52)(H,43,51,56)/b46-34+. The number of Topliss-reactive ketones (excluding diaryl/α,β-unsaturated/α-hetero) is 2. The summed E-state index contributed by atoms with van der Waals surface area (Å²) >= 11 is 0. The number of ketones is 2. The summed E-state index contributed by atoms with van der Waals surface area (Å²) in [7, 11) is 0. The fourth-order valence-corrected chi connectivity index (χ4v) is 7.37. The number of carbonyl (C=O) groups excluding carboxylic acids is 5. The summed E-state index contributed by atoms with van der Waals surface area (Å²) in [6, 6.07) is 17.8. The number of oxime groups is 1. The van der Waals surface area contributed by atoms with E-state index in [1.54, 1.807) is 39.1 Å². The van der Waals surface area contributed by atoms with Crippen LogP contribution in [0.1, 0.15) is 56.8 Å². The number of amides is 4. The molecule has 8 rings (SSSR count). The van der Waals surface area contributed by atoms with Crippen molar-refractivity contribution in [3.63, 3.8) is 0 Å². The summed E-state index contributed by atoms with van der Waals surface area (Å²) in [6.07, 6.45) is 2.16. The van der Waals surface area contributed by atoms with Crippen LogP contribution in [0.2, 0.25) is 0 Å². The second kappa shape index (κ2) is 16.7. The molecule has 1 aliphatic carbocycles. The van der Waals surface area contributed by atoms with Crippen LogP contribution in [0.25, 0.3) is 10.9 Å². The first-order valence-electron chi connectivity index (χ1n) is 18.9. The Hall–Kier alpha value is -7.25. The van der Waals surface area contributed by atoms with Crippen LogP contribution in [0.5, 0.6) is 5.88 Å². The summed E-state index contributed by atoms with van der Waals surface area (Å²) in [5, 5.41) is 39.6. The molecule has 2 aromatic heterocycles. The van der Waals surface area contributed by atoms with Gasteiger partial charge in [-0.05, 0) is 24.6 Å². The molecular formula is C40H38N10O9. The third-order valence-corrected chi connectivity index (χ3v) is 10.1.